The van der Waals surface area contributed by atoms with E-state index < -0.39 is 15.9 Å². The molecule has 100 valence electrons. The number of aromatic nitrogens is 1. The molecule has 0 bridgehead atoms. The van der Waals surface area contributed by atoms with Crippen LogP contribution in [0.3, 0.4) is 0 Å². The number of aromatic amines is 1. The number of sulfonamides is 1. The highest BCUT2D eigenvalue weighted by Crippen LogP contribution is 2.20. The van der Waals surface area contributed by atoms with Gasteiger partial charge in [0.2, 0.25) is 10.0 Å². The quantitative estimate of drug-likeness (QED) is 0.346. The molecule has 0 saturated heterocycles. The van der Waals surface area contributed by atoms with Crippen LogP contribution in [0, 0.1) is 0 Å². The van der Waals surface area contributed by atoms with Gasteiger partial charge in [-0.05, 0) is 18.9 Å². The van der Waals surface area contributed by atoms with E-state index in [1.807, 2.05) is 5.43 Å². The molecule has 8 heteroatoms. The summed E-state index contributed by atoms with van der Waals surface area (Å²) in [5.74, 6) is 4.41. The lowest BCUT2D eigenvalue weighted by atomic mass is 10.3. The molecule has 5 N–H and O–H groups in total. The number of H-pyrrole nitrogens is 1. The minimum absolute atomic E-state index is 0.00307. The van der Waals surface area contributed by atoms with Gasteiger partial charge in [-0.1, -0.05) is 12.8 Å². The molecule has 1 heterocycles. The van der Waals surface area contributed by atoms with E-state index in [-0.39, 0.29) is 16.6 Å². The molecule has 1 saturated carbocycles. The lowest BCUT2D eigenvalue weighted by Gasteiger charge is -2.10. The summed E-state index contributed by atoms with van der Waals surface area (Å²) in [5, 5.41) is 0. The zero-order valence-electron chi connectivity index (χ0n) is 9.77. The van der Waals surface area contributed by atoms with E-state index in [0.29, 0.717) is 0 Å². The van der Waals surface area contributed by atoms with Gasteiger partial charge in [0.25, 0.3) is 5.91 Å². The van der Waals surface area contributed by atoms with Crippen molar-refractivity contribution < 1.29 is 13.2 Å². The predicted molar refractivity (Wildman–Crippen MR) is 65.0 cm³/mol. The maximum Gasteiger partial charge on any atom is 0.281 e. The molecule has 1 aliphatic carbocycles. The van der Waals surface area contributed by atoms with Gasteiger partial charge >= 0.3 is 0 Å². The number of rotatable bonds is 4. The van der Waals surface area contributed by atoms with Crippen molar-refractivity contribution in [2.24, 2.45) is 5.84 Å². The van der Waals surface area contributed by atoms with Gasteiger partial charge in [-0.3, -0.25) is 10.2 Å². The van der Waals surface area contributed by atoms with Gasteiger partial charge in [-0.15, -0.1) is 0 Å². The summed E-state index contributed by atoms with van der Waals surface area (Å²) in [6.45, 7) is 0. The number of nitrogens with two attached hydrogens (primary N) is 1. The predicted octanol–water partition coefficient (Wildman–Crippen LogP) is -0.161. The summed E-state index contributed by atoms with van der Waals surface area (Å²) in [4.78, 5) is 13.8. The summed E-state index contributed by atoms with van der Waals surface area (Å²) in [5.41, 5.74) is 2.05. The Morgan fingerprint density at radius 2 is 2.06 bits per heavy atom. The van der Waals surface area contributed by atoms with E-state index in [2.05, 4.69) is 9.71 Å². The zero-order valence-corrected chi connectivity index (χ0v) is 10.6. The number of nitrogen functional groups attached to an aromatic ring is 1. The van der Waals surface area contributed by atoms with Crippen LogP contribution in [0.15, 0.2) is 17.2 Å². The summed E-state index contributed by atoms with van der Waals surface area (Å²) in [6.07, 6.45) is 5.09. The van der Waals surface area contributed by atoms with Crippen molar-refractivity contribution in [2.75, 3.05) is 0 Å². The lowest BCUT2D eigenvalue weighted by molar-refractivity contribution is 0.0949. The highest BCUT2D eigenvalue weighted by Gasteiger charge is 2.24. The number of amides is 1. The fraction of sp³-hybridized carbons (Fsp3) is 0.500. The second-order valence-electron chi connectivity index (χ2n) is 4.33. The second kappa shape index (κ2) is 5.09. The Balaban J connectivity index is 2.14. The van der Waals surface area contributed by atoms with E-state index in [1.165, 1.54) is 12.3 Å². The first-order valence-corrected chi connectivity index (χ1v) is 7.23. The molecule has 1 aromatic rings. The molecule has 1 aliphatic rings. The maximum atomic E-state index is 12.0. The molecule has 2 rings (SSSR count). The van der Waals surface area contributed by atoms with Crippen molar-refractivity contribution in [3.8, 4) is 0 Å². The van der Waals surface area contributed by atoms with Crippen LogP contribution in [-0.2, 0) is 10.0 Å². The molecule has 0 radical (unpaired) electrons. The molecule has 0 atom stereocenters. The average molecular weight is 272 g/mol. The van der Waals surface area contributed by atoms with Crippen LogP contribution in [0.25, 0.3) is 0 Å². The number of carbonyl (C=O) groups is 1. The van der Waals surface area contributed by atoms with Gasteiger partial charge in [0, 0.05) is 12.2 Å². The number of hydrogen-bond acceptors (Lipinski definition) is 4. The van der Waals surface area contributed by atoms with E-state index in [4.69, 9.17) is 5.84 Å². The standard InChI is InChI=1S/C10H16N4O3S/c11-13-10(15)9-5-8(6-12-9)18(16,17)14-7-3-1-2-4-7/h5-7,12,14H,1-4,11H2,(H,13,15). The zero-order chi connectivity index (χ0) is 13.2. The third kappa shape index (κ3) is 2.71. The Morgan fingerprint density at radius 3 is 2.67 bits per heavy atom. The minimum Gasteiger partial charge on any atom is -0.356 e. The molecule has 0 aliphatic heterocycles. The molecule has 0 spiro atoms. The lowest BCUT2D eigenvalue weighted by Crippen LogP contribution is -2.32. The molecule has 7 nitrogen and oxygen atoms in total. The largest absolute Gasteiger partial charge is 0.356 e. The first-order chi connectivity index (χ1) is 8.53. The monoisotopic (exact) mass is 272 g/mol. The summed E-state index contributed by atoms with van der Waals surface area (Å²) in [6, 6.07) is 1.26. The molecule has 1 amide bonds. The number of hydrazine groups is 1. The number of hydrogen-bond donors (Lipinski definition) is 4. The van der Waals surface area contributed by atoms with Crippen LogP contribution in [-0.4, -0.2) is 25.4 Å². The highest BCUT2D eigenvalue weighted by molar-refractivity contribution is 7.89. The normalized spacial score (nSPS) is 16.9. The topological polar surface area (TPSA) is 117 Å². The Bertz CT molecular complexity index is 531. The van der Waals surface area contributed by atoms with Crippen molar-refractivity contribution >= 4 is 15.9 Å². The van der Waals surface area contributed by atoms with Crippen LogP contribution in [0.2, 0.25) is 0 Å². The number of nitrogens with one attached hydrogen (secondary N) is 3. The molecule has 1 aromatic heterocycles. The second-order valence-corrected chi connectivity index (χ2v) is 6.04. The van der Waals surface area contributed by atoms with Crippen molar-refractivity contribution in [1.82, 2.24) is 15.1 Å². The Morgan fingerprint density at radius 1 is 1.39 bits per heavy atom. The van der Waals surface area contributed by atoms with Gasteiger partial charge in [-0.2, -0.15) is 0 Å². The smallest absolute Gasteiger partial charge is 0.281 e. The van der Waals surface area contributed by atoms with E-state index in [1.54, 1.807) is 0 Å². The summed E-state index contributed by atoms with van der Waals surface area (Å²) < 4.78 is 26.7. The van der Waals surface area contributed by atoms with Gasteiger partial charge in [0.15, 0.2) is 0 Å². The van der Waals surface area contributed by atoms with Gasteiger partial charge in [-0.25, -0.2) is 19.0 Å². The average Bonchev–Trinajstić information content (AvgIpc) is 2.97. The van der Waals surface area contributed by atoms with Crippen molar-refractivity contribution in [2.45, 2.75) is 36.6 Å². The van der Waals surface area contributed by atoms with E-state index in [9.17, 15) is 13.2 Å². The first kappa shape index (κ1) is 13.1. The van der Waals surface area contributed by atoms with Crippen LogP contribution in [0.4, 0.5) is 0 Å². The number of carbonyl (C=O) groups excluding carboxylic acids is 1. The van der Waals surface area contributed by atoms with E-state index >= 15 is 0 Å². The maximum absolute atomic E-state index is 12.0. The third-order valence-corrected chi connectivity index (χ3v) is 4.52. The minimum atomic E-state index is -3.57. The van der Waals surface area contributed by atoms with Crippen molar-refractivity contribution in [3.63, 3.8) is 0 Å². The van der Waals surface area contributed by atoms with Crippen LogP contribution >= 0.6 is 0 Å². The van der Waals surface area contributed by atoms with Crippen LogP contribution in [0.1, 0.15) is 36.2 Å². The van der Waals surface area contributed by atoms with Gasteiger partial charge in [0.05, 0.1) is 0 Å². The van der Waals surface area contributed by atoms with E-state index in [0.717, 1.165) is 25.7 Å². The Labute approximate surface area is 105 Å². The van der Waals surface area contributed by atoms with Crippen LogP contribution in [0.5, 0.6) is 0 Å². The molecule has 18 heavy (non-hydrogen) atoms. The molecule has 0 unspecified atom stereocenters. The van der Waals surface area contributed by atoms with Crippen molar-refractivity contribution in [3.05, 3.63) is 18.0 Å². The van der Waals surface area contributed by atoms with Gasteiger partial charge < -0.3 is 4.98 Å². The fourth-order valence-electron chi connectivity index (χ4n) is 2.07. The molecular formula is C10H16N4O3S. The third-order valence-electron chi connectivity index (χ3n) is 3.02. The Hall–Kier alpha value is -1.38. The highest BCUT2D eigenvalue weighted by atomic mass is 32.2. The SMILES string of the molecule is NNC(=O)c1cc(S(=O)(=O)NC2CCCC2)c[nH]1. The molecular weight excluding hydrogens is 256 g/mol. The fourth-order valence-corrected chi connectivity index (χ4v) is 3.37. The van der Waals surface area contributed by atoms with Gasteiger partial charge in [0.1, 0.15) is 10.6 Å². The molecule has 0 aromatic carbocycles. The molecule has 1 fully saturated rings. The first-order valence-electron chi connectivity index (χ1n) is 5.74. The Kier molecular flexibility index (Phi) is 3.69. The van der Waals surface area contributed by atoms with Crippen molar-refractivity contribution in [1.29, 1.82) is 0 Å². The van der Waals surface area contributed by atoms with Crippen LogP contribution < -0.4 is 16.0 Å². The summed E-state index contributed by atoms with van der Waals surface area (Å²) in [7, 11) is -3.57. The summed E-state index contributed by atoms with van der Waals surface area (Å²) >= 11 is 0.